The molecule has 0 atom stereocenters. The Kier molecular flexibility index (Phi) is 5.81. The first-order valence-corrected chi connectivity index (χ1v) is 5.33. The predicted octanol–water partition coefficient (Wildman–Crippen LogP) is 2.21. The Morgan fingerprint density at radius 1 is 1.07 bits per heavy atom. The molecule has 3 heteroatoms. The highest BCUT2D eigenvalue weighted by molar-refractivity contribution is 5.39. The zero-order chi connectivity index (χ0) is 10.9. The zero-order valence-corrected chi connectivity index (χ0v) is 9.24. The van der Waals surface area contributed by atoms with Crippen molar-refractivity contribution in [3.05, 3.63) is 29.8 Å². The fourth-order valence-electron chi connectivity index (χ4n) is 1.21. The minimum atomic E-state index is 0.645. The summed E-state index contributed by atoms with van der Waals surface area (Å²) in [7, 11) is 0. The van der Waals surface area contributed by atoms with E-state index in [-0.39, 0.29) is 0 Å². The maximum atomic E-state index is 5.58. The molecular formula is C12H19NO2. The largest absolute Gasteiger partial charge is 0.399 e. The van der Waals surface area contributed by atoms with Crippen LogP contribution in [0.25, 0.3) is 0 Å². The lowest BCUT2D eigenvalue weighted by molar-refractivity contribution is 0.0802. The number of nitrogen functional groups attached to an aromatic ring is 1. The van der Waals surface area contributed by atoms with E-state index in [9.17, 15) is 0 Å². The van der Waals surface area contributed by atoms with Crippen molar-refractivity contribution in [3.63, 3.8) is 0 Å². The Morgan fingerprint density at radius 3 is 2.40 bits per heavy atom. The number of rotatable bonds is 7. The van der Waals surface area contributed by atoms with Crippen LogP contribution in [0.15, 0.2) is 24.3 Å². The Morgan fingerprint density at radius 2 is 1.73 bits per heavy atom. The van der Waals surface area contributed by atoms with Crippen molar-refractivity contribution < 1.29 is 9.47 Å². The van der Waals surface area contributed by atoms with Crippen molar-refractivity contribution in [2.45, 2.75) is 20.0 Å². The quantitative estimate of drug-likeness (QED) is 0.553. The van der Waals surface area contributed by atoms with Gasteiger partial charge in [-0.1, -0.05) is 12.1 Å². The predicted molar refractivity (Wildman–Crippen MR) is 61.6 cm³/mol. The standard InChI is InChI=1S/C12H19NO2/c1-2-14-8-3-9-15-10-11-4-6-12(13)7-5-11/h4-7H,2-3,8-10,13H2,1H3. The van der Waals surface area contributed by atoms with Gasteiger partial charge in [0.2, 0.25) is 0 Å². The molecule has 0 aliphatic rings. The third-order valence-corrected chi connectivity index (χ3v) is 2.03. The molecule has 0 radical (unpaired) electrons. The molecule has 2 N–H and O–H groups in total. The van der Waals surface area contributed by atoms with Gasteiger partial charge in [0.25, 0.3) is 0 Å². The van der Waals surface area contributed by atoms with E-state index in [0.717, 1.165) is 37.5 Å². The van der Waals surface area contributed by atoms with Crippen molar-refractivity contribution in [1.82, 2.24) is 0 Å². The maximum absolute atomic E-state index is 5.58. The van der Waals surface area contributed by atoms with Crippen molar-refractivity contribution in [2.75, 3.05) is 25.6 Å². The monoisotopic (exact) mass is 209 g/mol. The highest BCUT2D eigenvalue weighted by atomic mass is 16.5. The minimum absolute atomic E-state index is 0.645. The average molecular weight is 209 g/mol. The number of nitrogens with two attached hydrogens (primary N) is 1. The lowest BCUT2D eigenvalue weighted by Crippen LogP contribution is -2.01. The number of ether oxygens (including phenoxy) is 2. The fraction of sp³-hybridized carbons (Fsp3) is 0.500. The third-order valence-electron chi connectivity index (χ3n) is 2.03. The topological polar surface area (TPSA) is 44.5 Å². The smallest absolute Gasteiger partial charge is 0.0716 e. The number of anilines is 1. The van der Waals surface area contributed by atoms with Gasteiger partial charge in [0.1, 0.15) is 0 Å². The van der Waals surface area contributed by atoms with Crippen molar-refractivity contribution in [3.8, 4) is 0 Å². The molecule has 0 fully saturated rings. The molecule has 0 spiro atoms. The van der Waals surface area contributed by atoms with E-state index in [1.54, 1.807) is 0 Å². The summed E-state index contributed by atoms with van der Waals surface area (Å²) in [5.41, 5.74) is 7.52. The second-order valence-corrected chi connectivity index (χ2v) is 3.34. The second-order valence-electron chi connectivity index (χ2n) is 3.34. The van der Waals surface area contributed by atoms with Gasteiger partial charge in [0, 0.05) is 25.5 Å². The van der Waals surface area contributed by atoms with Gasteiger partial charge < -0.3 is 15.2 Å². The van der Waals surface area contributed by atoms with Crippen LogP contribution in [0, 0.1) is 0 Å². The lowest BCUT2D eigenvalue weighted by atomic mass is 10.2. The molecule has 15 heavy (non-hydrogen) atoms. The van der Waals surface area contributed by atoms with Crippen molar-refractivity contribution in [2.24, 2.45) is 0 Å². The van der Waals surface area contributed by atoms with Crippen LogP contribution in [0.5, 0.6) is 0 Å². The molecule has 84 valence electrons. The minimum Gasteiger partial charge on any atom is -0.399 e. The summed E-state index contributed by atoms with van der Waals surface area (Å²) in [6.07, 6.45) is 0.947. The van der Waals surface area contributed by atoms with E-state index >= 15 is 0 Å². The van der Waals surface area contributed by atoms with Gasteiger partial charge in [-0.2, -0.15) is 0 Å². The zero-order valence-electron chi connectivity index (χ0n) is 9.24. The van der Waals surface area contributed by atoms with Crippen LogP contribution in [0.3, 0.4) is 0 Å². The third kappa shape index (κ3) is 5.40. The van der Waals surface area contributed by atoms with Gasteiger partial charge in [-0.25, -0.2) is 0 Å². The molecular weight excluding hydrogens is 190 g/mol. The van der Waals surface area contributed by atoms with Gasteiger partial charge in [-0.3, -0.25) is 0 Å². The molecule has 0 bridgehead atoms. The van der Waals surface area contributed by atoms with Crippen LogP contribution < -0.4 is 5.73 Å². The van der Waals surface area contributed by atoms with Crippen LogP contribution in [0.1, 0.15) is 18.9 Å². The van der Waals surface area contributed by atoms with E-state index < -0.39 is 0 Å². The summed E-state index contributed by atoms with van der Waals surface area (Å²) in [4.78, 5) is 0. The Balaban J connectivity index is 2.07. The van der Waals surface area contributed by atoms with E-state index in [0.29, 0.717) is 6.61 Å². The fourth-order valence-corrected chi connectivity index (χ4v) is 1.21. The van der Waals surface area contributed by atoms with E-state index in [4.69, 9.17) is 15.2 Å². The molecule has 1 aromatic carbocycles. The molecule has 3 nitrogen and oxygen atoms in total. The Labute approximate surface area is 91.2 Å². The second kappa shape index (κ2) is 7.26. The molecule has 0 unspecified atom stereocenters. The van der Waals surface area contributed by atoms with E-state index in [2.05, 4.69) is 0 Å². The summed E-state index contributed by atoms with van der Waals surface area (Å²) in [5, 5.41) is 0. The summed E-state index contributed by atoms with van der Waals surface area (Å²) in [5.74, 6) is 0. The normalized spacial score (nSPS) is 10.5. The highest BCUT2D eigenvalue weighted by Crippen LogP contribution is 2.06. The van der Waals surface area contributed by atoms with Crippen LogP contribution in [-0.2, 0) is 16.1 Å². The molecule has 0 saturated carbocycles. The summed E-state index contributed by atoms with van der Waals surface area (Å²) < 4.78 is 10.7. The summed E-state index contributed by atoms with van der Waals surface area (Å²) in [6.45, 7) is 4.93. The highest BCUT2D eigenvalue weighted by Gasteiger charge is 1.93. The number of hydrogen-bond acceptors (Lipinski definition) is 3. The van der Waals surface area contributed by atoms with Gasteiger partial charge in [-0.05, 0) is 31.0 Å². The molecule has 1 aromatic rings. The van der Waals surface area contributed by atoms with Gasteiger partial charge in [0.15, 0.2) is 0 Å². The van der Waals surface area contributed by atoms with Gasteiger partial charge in [-0.15, -0.1) is 0 Å². The summed E-state index contributed by atoms with van der Waals surface area (Å²) >= 11 is 0. The van der Waals surface area contributed by atoms with Crippen molar-refractivity contribution in [1.29, 1.82) is 0 Å². The first-order valence-electron chi connectivity index (χ1n) is 5.33. The van der Waals surface area contributed by atoms with Crippen LogP contribution >= 0.6 is 0 Å². The van der Waals surface area contributed by atoms with E-state index in [1.807, 2.05) is 31.2 Å². The Hall–Kier alpha value is -1.06. The SMILES string of the molecule is CCOCCCOCc1ccc(N)cc1. The van der Waals surface area contributed by atoms with Crippen LogP contribution in [0.4, 0.5) is 5.69 Å². The average Bonchev–Trinajstić information content (AvgIpc) is 2.26. The number of hydrogen-bond donors (Lipinski definition) is 1. The molecule has 0 aliphatic carbocycles. The maximum Gasteiger partial charge on any atom is 0.0716 e. The molecule has 0 heterocycles. The summed E-state index contributed by atoms with van der Waals surface area (Å²) in [6, 6.07) is 7.74. The molecule has 0 aliphatic heterocycles. The lowest BCUT2D eigenvalue weighted by Gasteiger charge is -2.04. The molecule has 0 aromatic heterocycles. The number of benzene rings is 1. The first-order chi connectivity index (χ1) is 7.33. The Bertz CT molecular complexity index is 259. The van der Waals surface area contributed by atoms with Gasteiger partial charge >= 0.3 is 0 Å². The molecule has 0 saturated heterocycles. The molecule has 1 rings (SSSR count). The van der Waals surface area contributed by atoms with Crippen LogP contribution in [-0.4, -0.2) is 19.8 Å². The van der Waals surface area contributed by atoms with Crippen LogP contribution in [0.2, 0.25) is 0 Å². The van der Waals surface area contributed by atoms with Gasteiger partial charge in [0.05, 0.1) is 6.61 Å². The molecule has 0 amide bonds. The first kappa shape index (κ1) is 12.0. The van der Waals surface area contributed by atoms with E-state index in [1.165, 1.54) is 0 Å². The van der Waals surface area contributed by atoms with Crippen molar-refractivity contribution >= 4 is 5.69 Å².